The molecule has 1 rings (SSSR count). The maximum absolute atomic E-state index is 9.00. The number of nitrogens with two attached hydrogens (primary N) is 2. The fourth-order valence-corrected chi connectivity index (χ4v) is 0.825. The van der Waals surface area contributed by atoms with E-state index in [-0.39, 0.29) is 38.0 Å². The molecule has 0 radical (unpaired) electrons. The maximum atomic E-state index is 9.00. The molecule has 2 amide bonds. The van der Waals surface area contributed by atoms with Crippen LogP contribution in [0.3, 0.4) is 0 Å². The number of primary amides is 2. The van der Waals surface area contributed by atoms with Crippen molar-refractivity contribution in [1.29, 1.82) is 0 Å². The quantitative estimate of drug-likeness (QED) is 0.247. The highest BCUT2D eigenvalue weighted by atomic mass is 16.3. The molecule has 0 saturated carbocycles. The molecule has 108 valence electrons. The van der Waals surface area contributed by atoms with E-state index in [1.807, 2.05) is 0 Å². The predicted molar refractivity (Wildman–Crippen MR) is 65.7 cm³/mol. The van der Waals surface area contributed by atoms with Gasteiger partial charge in [0.2, 0.25) is 17.8 Å². The van der Waals surface area contributed by atoms with Gasteiger partial charge in [-0.2, -0.15) is 15.0 Å². The van der Waals surface area contributed by atoms with E-state index in [9.17, 15) is 0 Å². The first-order chi connectivity index (χ1) is 9.03. The van der Waals surface area contributed by atoms with Gasteiger partial charge in [-0.3, -0.25) is 0 Å². The minimum Gasteiger partial charge on any atom is -0.376 e. The van der Waals surface area contributed by atoms with Crippen LogP contribution in [0.2, 0.25) is 0 Å². The second-order valence-corrected chi connectivity index (χ2v) is 2.71. The van der Waals surface area contributed by atoms with E-state index in [0.29, 0.717) is 0 Å². The van der Waals surface area contributed by atoms with E-state index < -0.39 is 6.03 Å². The van der Waals surface area contributed by atoms with Crippen LogP contribution in [0.1, 0.15) is 0 Å². The smallest absolute Gasteiger partial charge is 0.309 e. The van der Waals surface area contributed by atoms with Crippen LogP contribution in [0, 0.1) is 0 Å². The molecule has 1 aromatic heterocycles. The van der Waals surface area contributed by atoms with Gasteiger partial charge in [0.15, 0.2) is 0 Å². The summed E-state index contributed by atoms with van der Waals surface area (Å²) in [6.45, 7) is -0.997. The SMILES string of the molecule is NC(N)=O.OCNc1nc(NCO)nc(NCO)n1. The monoisotopic (exact) mass is 276 g/mol. The summed E-state index contributed by atoms with van der Waals surface area (Å²) in [4.78, 5) is 20.4. The largest absolute Gasteiger partial charge is 0.376 e. The number of hydrogen-bond acceptors (Lipinski definition) is 10. The normalized spacial score (nSPS) is 9.00. The predicted octanol–water partition coefficient (Wildman–Crippen LogP) is -3.02. The van der Waals surface area contributed by atoms with Gasteiger partial charge in [0.05, 0.1) is 0 Å². The van der Waals surface area contributed by atoms with Crippen molar-refractivity contribution in [2.45, 2.75) is 0 Å². The Kier molecular flexibility index (Phi) is 8.35. The van der Waals surface area contributed by atoms with Gasteiger partial charge in [-0.25, -0.2) is 4.79 Å². The Morgan fingerprint density at radius 1 is 0.842 bits per heavy atom. The number of nitrogens with zero attached hydrogens (tertiary/aromatic N) is 3. The number of rotatable bonds is 6. The number of urea groups is 1. The molecule has 0 spiro atoms. The van der Waals surface area contributed by atoms with Crippen LogP contribution in [0.25, 0.3) is 0 Å². The Balaban J connectivity index is 0.000000711. The summed E-state index contributed by atoms with van der Waals surface area (Å²) in [6, 6.07) is -0.833. The average Bonchev–Trinajstić information content (AvgIpc) is 2.29. The van der Waals surface area contributed by atoms with E-state index in [1.165, 1.54) is 0 Å². The summed E-state index contributed by atoms with van der Waals surface area (Å²) >= 11 is 0. The third-order valence-electron chi connectivity index (χ3n) is 1.35. The number of hydrogen-bond donors (Lipinski definition) is 8. The van der Waals surface area contributed by atoms with Crippen LogP contribution in [0.5, 0.6) is 0 Å². The van der Waals surface area contributed by atoms with Crippen LogP contribution in [0.4, 0.5) is 22.6 Å². The zero-order chi connectivity index (χ0) is 14.7. The molecule has 1 heterocycles. The lowest BCUT2D eigenvalue weighted by molar-refractivity contribution is 0.256. The van der Waals surface area contributed by atoms with Crippen LogP contribution in [-0.4, -0.2) is 56.5 Å². The summed E-state index contributed by atoms with van der Waals surface area (Å²) in [5, 5.41) is 33.2. The number of anilines is 3. The fourth-order valence-electron chi connectivity index (χ4n) is 0.825. The lowest BCUT2D eigenvalue weighted by atomic mass is 10.8. The number of nitrogens with one attached hydrogen (secondary N) is 3. The summed E-state index contributed by atoms with van der Waals surface area (Å²) in [5.41, 5.74) is 8.50. The molecule has 0 bridgehead atoms. The number of carbonyl (C=O) groups excluding carboxylic acids is 1. The maximum Gasteiger partial charge on any atom is 0.309 e. The molecular formula is C7H16N8O4. The lowest BCUT2D eigenvalue weighted by Gasteiger charge is -2.07. The standard InChI is InChI=1S/C6H12N6O3.CH4N2O/c13-1-7-4-10-5(8-2-14)12-6(11-4)9-3-15;2-1(3)4/h13-15H,1-3H2,(H3,7,8,9,10,11,12);(H4,2,3,4). The van der Waals surface area contributed by atoms with Gasteiger partial charge in [-0.1, -0.05) is 0 Å². The van der Waals surface area contributed by atoms with Gasteiger partial charge in [0.25, 0.3) is 0 Å². The van der Waals surface area contributed by atoms with E-state index in [0.717, 1.165) is 0 Å². The molecule has 0 saturated heterocycles. The third-order valence-corrected chi connectivity index (χ3v) is 1.35. The highest BCUT2D eigenvalue weighted by Crippen LogP contribution is 2.07. The first kappa shape index (κ1) is 16.6. The molecule has 0 aliphatic heterocycles. The summed E-state index contributed by atoms with van der Waals surface area (Å²) in [7, 11) is 0. The molecule has 0 aromatic carbocycles. The van der Waals surface area contributed by atoms with Crippen molar-refractivity contribution in [2.24, 2.45) is 11.5 Å². The fraction of sp³-hybridized carbons (Fsp3) is 0.429. The van der Waals surface area contributed by atoms with E-state index in [2.05, 4.69) is 42.4 Å². The van der Waals surface area contributed by atoms with Crippen LogP contribution >= 0.6 is 0 Å². The number of aliphatic hydroxyl groups excluding tert-OH is 3. The van der Waals surface area contributed by atoms with Crippen molar-refractivity contribution in [2.75, 3.05) is 36.1 Å². The zero-order valence-corrected chi connectivity index (χ0v) is 9.87. The summed E-state index contributed by atoms with van der Waals surface area (Å²) in [6.07, 6.45) is 0. The van der Waals surface area contributed by atoms with Gasteiger partial charge in [0, 0.05) is 0 Å². The molecule has 0 unspecified atom stereocenters. The van der Waals surface area contributed by atoms with Crippen molar-refractivity contribution >= 4 is 23.9 Å². The Bertz CT molecular complexity index is 325. The minimum absolute atomic E-state index is 0.124. The van der Waals surface area contributed by atoms with Crippen molar-refractivity contribution < 1.29 is 20.1 Å². The van der Waals surface area contributed by atoms with E-state index in [1.54, 1.807) is 0 Å². The Morgan fingerprint density at radius 2 is 1.05 bits per heavy atom. The van der Waals surface area contributed by atoms with Gasteiger partial charge in [0.1, 0.15) is 20.2 Å². The van der Waals surface area contributed by atoms with Crippen molar-refractivity contribution in [3.63, 3.8) is 0 Å². The highest BCUT2D eigenvalue weighted by molar-refractivity contribution is 5.69. The summed E-state index contributed by atoms with van der Waals surface area (Å²) < 4.78 is 0. The average molecular weight is 276 g/mol. The highest BCUT2D eigenvalue weighted by Gasteiger charge is 2.04. The lowest BCUT2D eigenvalue weighted by Crippen LogP contribution is -2.18. The molecule has 12 nitrogen and oxygen atoms in total. The van der Waals surface area contributed by atoms with Gasteiger partial charge < -0.3 is 42.7 Å². The van der Waals surface area contributed by atoms with Crippen LogP contribution in [-0.2, 0) is 0 Å². The van der Waals surface area contributed by atoms with E-state index in [4.69, 9.17) is 20.1 Å². The second-order valence-electron chi connectivity index (χ2n) is 2.71. The Hall–Kier alpha value is -2.44. The van der Waals surface area contributed by atoms with Crippen molar-refractivity contribution in [3.8, 4) is 0 Å². The molecule has 10 N–H and O–H groups in total. The molecule has 0 aliphatic rings. The number of aliphatic hydroxyl groups is 3. The van der Waals surface area contributed by atoms with Gasteiger partial charge in [-0.05, 0) is 0 Å². The number of aromatic nitrogens is 3. The van der Waals surface area contributed by atoms with E-state index >= 15 is 0 Å². The molecule has 0 fully saturated rings. The first-order valence-electron chi connectivity index (χ1n) is 4.88. The zero-order valence-electron chi connectivity index (χ0n) is 9.87. The Labute approximate surface area is 107 Å². The van der Waals surface area contributed by atoms with Crippen LogP contribution in [0.15, 0.2) is 0 Å². The van der Waals surface area contributed by atoms with Crippen molar-refractivity contribution in [1.82, 2.24) is 15.0 Å². The molecule has 0 aliphatic carbocycles. The molecule has 19 heavy (non-hydrogen) atoms. The van der Waals surface area contributed by atoms with Gasteiger partial charge in [-0.15, -0.1) is 0 Å². The van der Waals surface area contributed by atoms with Crippen molar-refractivity contribution in [3.05, 3.63) is 0 Å². The molecule has 1 aromatic rings. The van der Waals surface area contributed by atoms with Gasteiger partial charge >= 0.3 is 6.03 Å². The first-order valence-corrected chi connectivity index (χ1v) is 4.88. The minimum atomic E-state index is -0.833. The van der Waals surface area contributed by atoms with Crippen LogP contribution < -0.4 is 27.4 Å². The molecule has 0 atom stereocenters. The molecular weight excluding hydrogens is 260 g/mol. The number of amides is 2. The second kappa shape index (κ2) is 9.58. The number of carbonyl (C=O) groups is 1. The topological polar surface area (TPSA) is 205 Å². The summed E-state index contributed by atoms with van der Waals surface area (Å²) in [5.74, 6) is 0.373. The third kappa shape index (κ3) is 8.31. The Morgan fingerprint density at radius 3 is 1.21 bits per heavy atom. The molecule has 12 heteroatoms.